The zero-order chi connectivity index (χ0) is 15.1. The molecule has 0 radical (unpaired) electrons. The lowest BCUT2D eigenvalue weighted by atomic mass is 10.1. The molecule has 2 aromatic rings. The minimum Gasteiger partial charge on any atom is -0.496 e. The Morgan fingerprint density at radius 1 is 1.19 bits per heavy atom. The first kappa shape index (κ1) is 15.3. The van der Waals surface area contributed by atoms with Crippen molar-refractivity contribution in [3.63, 3.8) is 0 Å². The number of anilines is 1. The van der Waals surface area contributed by atoms with Gasteiger partial charge in [-0.1, -0.05) is 18.2 Å². The highest BCUT2D eigenvalue weighted by Crippen LogP contribution is 2.18. The van der Waals surface area contributed by atoms with E-state index in [1.807, 2.05) is 31.2 Å². The van der Waals surface area contributed by atoms with Crippen molar-refractivity contribution in [2.24, 2.45) is 0 Å². The Labute approximate surface area is 128 Å². The van der Waals surface area contributed by atoms with Crippen LogP contribution in [-0.2, 0) is 6.42 Å². The van der Waals surface area contributed by atoms with E-state index in [1.54, 1.807) is 7.11 Å². The van der Waals surface area contributed by atoms with Gasteiger partial charge in [0, 0.05) is 6.54 Å². The first-order valence-electron chi connectivity index (χ1n) is 6.63. The zero-order valence-corrected chi connectivity index (χ0v) is 12.7. The monoisotopic (exact) mass is 308 g/mol. The minimum absolute atomic E-state index is 0.105. The van der Waals surface area contributed by atoms with Crippen LogP contribution in [0, 0.1) is 0 Å². The predicted molar refractivity (Wildman–Crippen MR) is 81.2 cm³/mol. The van der Waals surface area contributed by atoms with Gasteiger partial charge in [-0.2, -0.15) is 15.0 Å². The Morgan fingerprint density at radius 2 is 2.00 bits per heavy atom. The van der Waals surface area contributed by atoms with Crippen molar-refractivity contribution < 1.29 is 9.47 Å². The van der Waals surface area contributed by atoms with Gasteiger partial charge in [0.05, 0.1) is 13.7 Å². The lowest BCUT2D eigenvalue weighted by Gasteiger charge is -2.09. The van der Waals surface area contributed by atoms with E-state index < -0.39 is 0 Å². The molecule has 1 aromatic carbocycles. The minimum atomic E-state index is 0.105. The number of nitrogens with one attached hydrogen (secondary N) is 1. The molecule has 0 saturated heterocycles. The number of aromatic nitrogens is 3. The molecular formula is C14H17ClN4O2. The Balaban J connectivity index is 1.97. The second-order valence-electron chi connectivity index (χ2n) is 4.13. The summed E-state index contributed by atoms with van der Waals surface area (Å²) in [5.41, 5.74) is 1.11. The largest absolute Gasteiger partial charge is 0.496 e. The lowest BCUT2D eigenvalue weighted by Crippen LogP contribution is -2.10. The molecule has 0 fully saturated rings. The summed E-state index contributed by atoms with van der Waals surface area (Å²) in [6, 6.07) is 8.09. The molecule has 0 amide bonds. The van der Waals surface area contributed by atoms with Crippen LogP contribution in [0.4, 0.5) is 5.95 Å². The number of hydrogen-bond acceptors (Lipinski definition) is 6. The first-order chi connectivity index (χ1) is 10.2. The SMILES string of the molecule is CCOc1nc(Cl)nc(NCCc2ccccc2OC)n1. The number of benzene rings is 1. The second kappa shape index (κ2) is 7.64. The Bertz CT molecular complexity index is 595. The maximum absolute atomic E-state index is 5.83. The highest BCUT2D eigenvalue weighted by molar-refractivity contribution is 6.28. The maximum atomic E-state index is 5.83. The van der Waals surface area contributed by atoms with Gasteiger partial charge >= 0.3 is 6.01 Å². The summed E-state index contributed by atoms with van der Waals surface area (Å²) >= 11 is 5.83. The van der Waals surface area contributed by atoms with Gasteiger partial charge in [-0.05, 0) is 36.6 Å². The van der Waals surface area contributed by atoms with Gasteiger partial charge in [-0.25, -0.2) is 0 Å². The summed E-state index contributed by atoms with van der Waals surface area (Å²) in [7, 11) is 1.66. The normalized spacial score (nSPS) is 10.2. The van der Waals surface area contributed by atoms with Crippen LogP contribution in [-0.4, -0.2) is 35.2 Å². The molecule has 0 aliphatic rings. The Hall–Kier alpha value is -2.08. The predicted octanol–water partition coefficient (Wildman–Crippen LogP) is 2.59. The van der Waals surface area contributed by atoms with Crippen LogP contribution in [0.3, 0.4) is 0 Å². The van der Waals surface area contributed by atoms with Crippen LogP contribution in [0.15, 0.2) is 24.3 Å². The van der Waals surface area contributed by atoms with E-state index in [9.17, 15) is 0 Å². The number of rotatable bonds is 7. The first-order valence-corrected chi connectivity index (χ1v) is 7.01. The summed E-state index contributed by atoms with van der Waals surface area (Å²) in [5, 5.41) is 3.21. The van der Waals surface area contributed by atoms with Crippen molar-refractivity contribution in [1.29, 1.82) is 0 Å². The zero-order valence-electron chi connectivity index (χ0n) is 12.0. The van der Waals surface area contributed by atoms with E-state index >= 15 is 0 Å². The van der Waals surface area contributed by atoms with Crippen LogP contribution in [0.25, 0.3) is 0 Å². The fourth-order valence-electron chi connectivity index (χ4n) is 1.82. The van der Waals surface area contributed by atoms with Crippen molar-refractivity contribution in [3.8, 4) is 11.8 Å². The van der Waals surface area contributed by atoms with E-state index in [2.05, 4.69) is 20.3 Å². The molecule has 0 aliphatic heterocycles. The molecule has 21 heavy (non-hydrogen) atoms. The second-order valence-corrected chi connectivity index (χ2v) is 4.47. The van der Waals surface area contributed by atoms with Crippen LogP contribution in [0.1, 0.15) is 12.5 Å². The van der Waals surface area contributed by atoms with Gasteiger partial charge in [0.25, 0.3) is 0 Å². The molecule has 0 aliphatic carbocycles. The smallest absolute Gasteiger partial charge is 0.322 e. The standard InChI is InChI=1S/C14H17ClN4O2/c1-3-21-14-18-12(15)17-13(19-14)16-9-8-10-6-4-5-7-11(10)20-2/h4-7H,3,8-9H2,1-2H3,(H,16,17,18,19). The highest BCUT2D eigenvalue weighted by Gasteiger charge is 2.06. The highest BCUT2D eigenvalue weighted by atomic mass is 35.5. The van der Waals surface area contributed by atoms with Gasteiger partial charge in [-0.3, -0.25) is 0 Å². The number of halogens is 1. The number of para-hydroxylation sites is 1. The quantitative estimate of drug-likeness (QED) is 0.848. The van der Waals surface area contributed by atoms with Gasteiger partial charge in [0.15, 0.2) is 0 Å². The van der Waals surface area contributed by atoms with Crippen molar-refractivity contribution in [1.82, 2.24) is 15.0 Å². The third kappa shape index (κ3) is 4.46. The molecule has 1 aromatic heterocycles. The molecule has 0 unspecified atom stereocenters. The molecule has 1 N–H and O–H groups in total. The van der Waals surface area contributed by atoms with Crippen LogP contribution in [0.5, 0.6) is 11.8 Å². The fourth-order valence-corrected chi connectivity index (χ4v) is 1.98. The molecule has 112 valence electrons. The molecule has 0 bridgehead atoms. The number of nitrogens with zero attached hydrogens (tertiary/aromatic N) is 3. The van der Waals surface area contributed by atoms with Crippen LogP contribution < -0.4 is 14.8 Å². The topological polar surface area (TPSA) is 69.2 Å². The van der Waals surface area contributed by atoms with E-state index in [0.29, 0.717) is 19.1 Å². The summed E-state index contributed by atoms with van der Waals surface area (Å²) < 4.78 is 10.5. The third-order valence-electron chi connectivity index (χ3n) is 2.73. The van der Waals surface area contributed by atoms with Gasteiger partial charge in [0.2, 0.25) is 11.2 Å². The molecular weight excluding hydrogens is 292 g/mol. The van der Waals surface area contributed by atoms with Crippen molar-refractivity contribution >= 4 is 17.5 Å². The number of methoxy groups -OCH3 is 1. The molecule has 6 nitrogen and oxygen atoms in total. The Morgan fingerprint density at radius 3 is 2.76 bits per heavy atom. The summed E-state index contributed by atoms with van der Waals surface area (Å²) in [4.78, 5) is 12.0. The van der Waals surface area contributed by atoms with E-state index in [0.717, 1.165) is 17.7 Å². The Kier molecular flexibility index (Phi) is 5.57. The summed E-state index contributed by atoms with van der Waals surface area (Å²) in [6.07, 6.45) is 0.775. The van der Waals surface area contributed by atoms with Crippen molar-refractivity contribution in [3.05, 3.63) is 35.1 Å². The lowest BCUT2D eigenvalue weighted by molar-refractivity contribution is 0.312. The molecule has 0 atom stereocenters. The molecule has 0 saturated carbocycles. The number of hydrogen-bond donors (Lipinski definition) is 1. The van der Waals surface area contributed by atoms with E-state index in [1.165, 1.54) is 0 Å². The fraction of sp³-hybridized carbons (Fsp3) is 0.357. The average Bonchev–Trinajstić information content (AvgIpc) is 2.47. The van der Waals surface area contributed by atoms with Crippen molar-refractivity contribution in [2.75, 3.05) is 25.6 Å². The molecule has 1 heterocycles. The summed E-state index contributed by atoms with van der Waals surface area (Å²) in [6.45, 7) is 2.97. The van der Waals surface area contributed by atoms with Gasteiger partial charge in [0.1, 0.15) is 5.75 Å². The molecule has 2 rings (SSSR count). The van der Waals surface area contributed by atoms with E-state index in [-0.39, 0.29) is 11.3 Å². The van der Waals surface area contributed by atoms with Crippen LogP contribution in [0.2, 0.25) is 5.28 Å². The summed E-state index contributed by atoms with van der Waals surface area (Å²) in [5.74, 6) is 1.26. The van der Waals surface area contributed by atoms with Gasteiger partial charge in [-0.15, -0.1) is 0 Å². The number of ether oxygens (including phenoxy) is 2. The van der Waals surface area contributed by atoms with E-state index in [4.69, 9.17) is 21.1 Å². The molecule has 0 spiro atoms. The third-order valence-corrected chi connectivity index (χ3v) is 2.90. The van der Waals surface area contributed by atoms with Gasteiger partial charge < -0.3 is 14.8 Å². The van der Waals surface area contributed by atoms with Crippen LogP contribution >= 0.6 is 11.6 Å². The van der Waals surface area contributed by atoms with Crippen molar-refractivity contribution in [2.45, 2.75) is 13.3 Å². The average molecular weight is 309 g/mol. The molecule has 7 heteroatoms. The maximum Gasteiger partial charge on any atom is 0.322 e.